The van der Waals surface area contributed by atoms with Gasteiger partial charge in [0.1, 0.15) is 5.75 Å². The lowest BCUT2D eigenvalue weighted by Gasteiger charge is -2.45. The zero-order valence-corrected chi connectivity index (χ0v) is 11.1. The smallest absolute Gasteiger partial charge is 0.181 e. The predicted octanol–water partition coefficient (Wildman–Crippen LogP) is 2.47. The van der Waals surface area contributed by atoms with E-state index < -0.39 is 0 Å². The first-order chi connectivity index (χ1) is 7.56. The van der Waals surface area contributed by atoms with Gasteiger partial charge in [-0.05, 0) is 37.3 Å². The zero-order valence-electron chi connectivity index (χ0n) is 8.71. The molecule has 0 aromatic heterocycles. The molecule has 3 nitrogen and oxygen atoms in total. The minimum atomic E-state index is -0.381. The van der Waals surface area contributed by atoms with Gasteiger partial charge in [0.25, 0.3) is 0 Å². The van der Waals surface area contributed by atoms with Crippen LogP contribution in [0.5, 0.6) is 5.75 Å². The molecule has 0 spiro atoms. The van der Waals surface area contributed by atoms with Crippen LogP contribution in [0.4, 0.5) is 0 Å². The van der Waals surface area contributed by atoms with Crippen molar-refractivity contribution < 1.29 is 4.74 Å². The van der Waals surface area contributed by atoms with Crippen molar-refractivity contribution in [1.82, 2.24) is 10.6 Å². The summed E-state index contributed by atoms with van der Waals surface area (Å²) in [6.45, 7) is 2.03. The van der Waals surface area contributed by atoms with Crippen LogP contribution >= 0.6 is 28.1 Å². The molecule has 0 aliphatic carbocycles. The molecule has 84 valence electrons. The van der Waals surface area contributed by atoms with Crippen LogP contribution in [-0.2, 0) is 0 Å². The van der Waals surface area contributed by atoms with Crippen LogP contribution < -0.4 is 15.4 Å². The maximum Gasteiger partial charge on any atom is 0.181 e. The standard InChI is InChI=1S/C11H11BrN2OS/c1-11-5-8(13-10(16)14-11)7-4-6(12)2-3-9(7)15-11/h2-4,8H,5H2,1H3,(H2,13,14,16)/t8-,11+/m0/s1. The van der Waals surface area contributed by atoms with Crippen molar-refractivity contribution >= 4 is 33.3 Å². The van der Waals surface area contributed by atoms with Crippen LogP contribution in [0.1, 0.15) is 24.9 Å². The highest BCUT2D eigenvalue weighted by Crippen LogP contribution is 2.41. The van der Waals surface area contributed by atoms with E-state index >= 15 is 0 Å². The molecule has 2 bridgehead atoms. The minimum Gasteiger partial charge on any atom is -0.468 e. The summed E-state index contributed by atoms with van der Waals surface area (Å²) in [6.07, 6.45) is 0.872. The van der Waals surface area contributed by atoms with Gasteiger partial charge < -0.3 is 15.4 Å². The fourth-order valence-corrected chi connectivity index (χ4v) is 3.05. The Morgan fingerprint density at radius 2 is 2.38 bits per heavy atom. The fourth-order valence-electron chi connectivity index (χ4n) is 2.31. The Bertz CT molecular complexity index is 479. The second-order valence-electron chi connectivity index (χ2n) is 4.37. The van der Waals surface area contributed by atoms with E-state index in [1.54, 1.807) is 0 Å². The maximum absolute atomic E-state index is 5.96. The van der Waals surface area contributed by atoms with Crippen molar-refractivity contribution in [2.45, 2.75) is 25.1 Å². The quantitative estimate of drug-likeness (QED) is 0.721. The molecule has 1 aromatic carbocycles. The number of nitrogens with one attached hydrogen (secondary N) is 2. The average molecular weight is 299 g/mol. The molecule has 2 atom stereocenters. The van der Waals surface area contributed by atoms with E-state index in [1.165, 1.54) is 0 Å². The van der Waals surface area contributed by atoms with E-state index in [0.717, 1.165) is 22.2 Å². The Kier molecular flexibility index (Phi) is 2.16. The molecule has 1 fully saturated rings. The Morgan fingerprint density at radius 1 is 1.56 bits per heavy atom. The molecule has 0 amide bonds. The topological polar surface area (TPSA) is 33.3 Å². The van der Waals surface area contributed by atoms with Gasteiger partial charge in [0, 0.05) is 16.5 Å². The van der Waals surface area contributed by atoms with Crippen molar-refractivity contribution in [1.29, 1.82) is 0 Å². The molecule has 1 aromatic rings. The van der Waals surface area contributed by atoms with Crippen LogP contribution in [0.25, 0.3) is 0 Å². The second kappa shape index (κ2) is 3.34. The van der Waals surface area contributed by atoms with Gasteiger partial charge in [0.05, 0.1) is 6.04 Å². The van der Waals surface area contributed by atoms with E-state index in [9.17, 15) is 0 Å². The molecular weight excluding hydrogens is 288 g/mol. The summed E-state index contributed by atoms with van der Waals surface area (Å²) in [7, 11) is 0. The molecule has 5 heteroatoms. The lowest BCUT2D eigenvalue weighted by atomic mass is 9.92. The number of halogens is 1. The summed E-state index contributed by atoms with van der Waals surface area (Å²) in [5.41, 5.74) is 0.782. The number of fused-ring (bicyclic) bond motifs is 4. The van der Waals surface area contributed by atoms with E-state index in [2.05, 4.69) is 32.6 Å². The summed E-state index contributed by atoms with van der Waals surface area (Å²) in [6, 6.07) is 6.30. The number of thiocarbonyl (C=S) groups is 1. The lowest BCUT2D eigenvalue weighted by Crippen LogP contribution is -2.62. The van der Waals surface area contributed by atoms with Crippen molar-refractivity contribution in [3.8, 4) is 5.75 Å². The van der Waals surface area contributed by atoms with Gasteiger partial charge in [-0.1, -0.05) is 15.9 Å². The first-order valence-corrected chi connectivity index (χ1v) is 6.33. The molecule has 1 saturated heterocycles. The Hall–Kier alpha value is -0.810. The van der Waals surface area contributed by atoms with E-state index in [4.69, 9.17) is 17.0 Å². The van der Waals surface area contributed by atoms with Gasteiger partial charge in [-0.25, -0.2) is 0 Å². The average Bonchev–Trinajstić information content (AvgIpc) is 2.17. The number of hydrogen-bond acceptors (Lipinski definition) is 2. The Balaban J connectivity index is 2.10. The third kappa shape index (κ3) is 1.58. The molecule has 0 unspecified atom stereocenters. The molecule has 2 N–H and O–H groups in total. The number of benzene rings is 1. The second-order valence-corrected chi connectivity index (χ2v) is 5.69. The minimum absolute atomic E-state index is 0.236. The van der Waals surface area contributed by atoms with Crippen molar-refractivity contribution in [2.75, 3.05) is 0 Å². The van der Waals surface area contributed by atoms with Crippen LogP contribution in [0.2, 0.25) is 0 Å². The lowest BCUT2D eigenvalue weighted by molar-refractivity contribution is 0.0250. The van der Waals surface area contributed by atoms with Gasteiger partial charge in [0.15, 0.2) is 10.8 Å². The number of rotatable bonds is 0. The van der Waals surface area contributed by atoms with Crippen molar-refractivity contribution in [3.63, 3.8) is 0 Å². The largest absolute Gasteiger partial charge is 0.468 e. The summed E-state index contributed by atoms with van der Waals surface area (Å²) in [5, 5.41) is 7.10. The van der Waals surface area contributed by atoms with Crippen molar-refractivity contribution in [3.05, 3.63) is 28.2 Å². The van der Waals surface area contributed by atoms with Gasteiger partial charge in [-0.2, -0.15) is 0 Å². The van der Waals surface area contributed by atoms with Crippen LogP contribution in [-0.4, -0.2) is 10.8 Å². The van der Waals surface area contributed by atoms with Crippen molar-refractivity contribution in [2.24, 2.45) is 0 Å². The third-order valence-corrected chi connectivity index (χ3v) is 3.67. The predicted molar refractivity (Wildman–Crippen MR) is 69.4 cm³/mol. The van der Waals surface area contributed by atoms with Crippen LogP contribution in [0.3, 0.4) is 0 Å². The summed E-state index contributed by atoms with van der Waals surface area (Å²) < 4.78 is 7.02. The number of hydrogen-bond donors (Lipinski definition) is 2. The Morgan fingerprint density at radius 3 is 3.19 bits per heavy atom. The SMILES string of the molecule is C[C@@]12C[C@H](NC(=S)N1)c1cc(Br)ccc1O2. The molecule has 2 heterocycles. The summed E-state index contributed by atoms with van der Waals surface area (Å²) in [4.78, 5) is 0. The first kappa shape index (κ1) is 10.4. The normalized spacial score (nSPS) is 30.9. The maximum atomic E-state index is 5.96. The van der Waals surface area contributed by atoms with E-state index in [0.29, 0.717) is 5.11 Å². The molecule has 16 heavy (non-hydrogen) atoms. The Labute approximate surface area is 108 Å². The molecule has 2 aliphatic heterocycles. The van der Waals surface area contributed by atoms with Gasteiger partial charge in [-0.15, -0.1) is 0 Å². The number of ether oxygens (including phenoxy) is 1. The highest BCUT2D eigenvalue weighted by molar-refractivity contribution is 9.10. The van der Waals surface area contributed by atoms with E-state index in [-0.39, 0.29) is 11.8 Å². The highest BCUT2D eigenvalue weighted by atomic mass is 79.9. The molecule has 0 saturated carbocycles. The molecule has 0 radical (unpaired) electrons. The molecule has 3 rings (SSSR count). The van der Waals surface area contributed by atoms with E-state index in [1.807, 2.05) is 19.1 Å². The van der Waals surface area contributed by atoms with Gasteiger partial charge in [-0.3, -0.25) is 0 Å². The van der Waals surface area contributed by atoms with Crippen LogP contribution in [0, 0.1) is 0 Å². The third-order valence-electron chi connectivity index (χ3n) is 2.96. The highest BCUT2D eigenvalue weighted by Gasteiger charge is 2.41. The molecule has 2 aliphatic rings. The van der Waals surface area contributed by atoms with Crippen LogP contribution in [0.15, 0.2) is 22.7 Å². The molecular formula is C11H11BrN2OS. The monoisotopic (exact) mass is 298 g/mol. The fraction of sp³-hybridized carbons (Fsp3) is 0.364. The summed E-state index contributed by atoms with van der Waals surface area (Å²) in [5.74, 6) is 0.921. The summed E-state index contributed by atoms with van der Waals surface area (Å²) >= 11 is 8.66. The van der Waals surface area contributed by atoms with Gasteiger partial charge in [0.2, 0.25) is 0 Å². The zero-order chi connectivity index (χ0) is 11.3. The first-order valence-electron chi connectivity index (χ1n) is 5.13. The van der Waals surface area contributed by atoms with Gasteiger partial charge >= 0.3 is 0 Å².